The number of ether oxygens (including phenoxy) is 5. The molecule has 2 N–H and O–H groups in total. The van der Waals surface area contributed by atoms with E-state index in [1.165, 1.54) is 96.4 Å². The van der Waals surface area contributed by atoms with Gasteiger partial charge in [0.15, 0.2) is 18.3 Å². The van der Waals surface area contributed by atoms with Crippen molar-refractivity contribution in [1.29, 1.82) is 0 Å². The third kappa shape index (κ3) is 17.1. The highest BCUT2D eigenvalue weighted by Crippen LogP contribution is 2.41. The first-order valence-electron chi connectivity index (χ1n) is 22.8. The van der Waals surface area contributed by atoms with Gasteiger partial charge in [0.25, 0.3) is 5.69 Å². The van der Waals surface area contributed by atoms with Crippen LogP contribution in [0.1, 0.15) is 111 Å². The van der Waals surface area contributed by atoms with Gasteiger partial charge in [-0.25, -0.2) is 0 Å². The molecular weight excluding hydrogens is 817 g/mol. The van der Waals surface area contributed by atoms with Crippen molar-refractivity contribution in [2.75, 3.05) is 69.5 Å². The molecule has 4 rings (SSSR count). The Balaban J connectivity index is 1.43. The molecule has 0 aliphatic heterocycles. The number of hydrogen-bond donors (Lipinski definition) is 2. The second-order valence-corrected chi connectivity index (χ2v) is 15.6. The molecule has 0 fully saturated rings. The normalized spacial score (nSPS) is 11.2. The minimum absolute atomic E-state index is 0.0212. The first-order valence-corrected chi connectivity index (χ1v) is 22.8. The molecule has 15 heteroatoms. The number of nitrogens with one attached hydrogen (secondary N) is 2. The number of unbranched alkanes of at least 4 members (excludes halogenated alkanes) is 12. The highest BCUT2D eigenvalue weighted by atomic mass is 16.7. The van der Waals surface area contributed by atoms with Gasteiger partial charge in [-0.05, 0) is 37.6 Å². The number of nitro groups is 1. The maximum absolute atomic E-state index is 13.4. The zero-order valence-electron chi connectivity index (χ0n) is 38.5. The maximum Gasteiger partial charge on any atom is 0.273 e. The van der Waals surface area contributed by atoms with Gasteiger partial charge >= 0.3 is 0 Å². The number of azo groups is 1. The number of likely N-dealkylation sites (N-methyl/N-ethyl adjacent to an activating group) is 1. The van der Waals surface area contributed by atoms with E-state index in [1.807, 2.05) is 49.4 Å². The standard InChI is InChI=1S/C49H68N6O9/c1-6-8-9-10-11-12-13-14-15-16-17-18-19-24-48(57)51-45-35-46(40-22-20-21-23-41(40)49(45)64-36-62-32-31-60-4)63-30-29-54(7-2)38-25-27-42(44(33-38)50-37(3)56)52-53-43-28-26-39(55(58)59)34-47(43)61-5/h20-23,25-28,33-35H,6-19,24,29-32,36H2,1-5H3,(H,50,56)(H,51,57). The van der Waals surface area contributed by atoms with Gasteiger partial charge in [-0.15, -0.1) is 10.2 Å². The van der Waals surface area contributed by atoms with Crippen molar-refractivity contribution in [3.8, 4) is 17.2 Å². The van der Waals surface area contributed by atoms with E-state index in [0.717, 1.165) is 35.7 Å². The Morgan fingerprint density at radius 3 is 2.00 bits per heavy atom. The van der Waals surface area contributed by atoms with Crippen molar-refractivity contribution in [3.05, 3.63) is 76.8 Å². The highest BCUT2D eigenvalue weighted by molar-refractivity contribution is 6.02. The number of methoxy groups -OCH3 is 2. The topological polar surface area (TPSA) is 175 Å². The quantitative estimate of drug-likeness (QED) is 0.0158. The molecule has 4 aromatic carbocycles. The summed E-state index contributed by atoms with van der Waals surface area (Å²) in [4.78, 5) is 38.5. The molecule has 0 saturated heterocycles. The third-order valence-electron chi connectivity index (χ3n) is 10.8. The van der Waals surface area contributed by atoms with E-state index in [0.29, 0.717) is 73.6 Å². The van der Waals surface area contributed by atoms with Crippen molar-refractivity contribution in [2.45, 2.75) is 111 Å². The van der Waals surface area contributed by atoms with E-state index in [2.05, 4.69) is 32.7 Å². The number of hydrogen-bond acceptors (Lipinski definition) is 12. The van der Waals surface area contributed by atoms with Crippen molar-refractivity contribution in [2.24, 2.45) is 10.2 Å². The molecule has 0 atom stereocenters. The van der Waals surface area contributed by atoms with Gasteiger partial charge < -0.3 is 39.2 Å². The van der Waals surface area contributed by atoms with Crippen molar-refractivity contribution in [1.82, 2.24) is 0 Å². The van der Waals surface area contributed by atoms with E-state index in [-0.39, 0.29) is 30.0 Å². The summed E-state index contributed by atoms with van der Waals surface area (Å²) in [5.74, 6) is 0.905. The van der Waals surface area contributed by atoms with Gasteiger partial charge in [0.05, 0.1) is 49.2 Å². The van der Waals surface area contributed by atoms with Crippen LogP contribution in [-0.2, 0) is 19.1 Å². The summed E-state index contributed by atoms with van der Waals surface area (Å²) in [5.41, 5.74) is 2.29. The first kappa shape index (κ1) is 50.8. The fourth-order valence-electron chi connectivity index (χ4n) is 7.30. The monoisotopic (exact) mass is 885 g/mol. The van der Waals surface area contributed by atoms with Gasteiger partial charge in [0.1, 0.15) is 23.7 Å². The molecule has 0 aliphatic carbocycles. The van der Waals surface area contributed by atoms with Crippen LogP contribution in [0.15, 0.2) is 77.0 Å². The van der Waals surface area contributed by atoms with E-state index < -0.39 is 4.92 Å². The summed E-state index contributed by atoms with van der Waals surface area (Å²) < 4.78 is 28.7. The average Bonchev–Trinajstić information content (AvgIpc) is 3.29. The number of nitrogens with zero attached hydrogens (tertiary/aromatic N) is 4. The molecule has 2 amide bonds. The molecular formula is C49H68N6O9. The maximum atomic E-state index is 13.4. The molecule has 4 aromatic rings. The minimum Gasteiger partial charge on any atom is -0.494 e. The summed E-state index contributed by atoms with van der Waals surface area (Å²) in [7, 11) is 3.01. The van der Waals surface area contributed by atoms with Gasteiger partial charge in [-0.3, -0.25) is 19.7 Å². The van der Waals surface area contributed by atoms with E-state index in [1.54, 1.807) is 13.2 Å². The molecule has 64 heavy (non-hydrogen) atoms. The summed E-state index contributed by atoms with van der Waals surface area (Å²) in [6.45, 7) is 7.86. The SMILES string of the molecule is CCCCCCCCCCCCCCCC(=O)Nc1cc(OCCN(CC)c2ccc(N=Nc3ccc([N+](=O)[O-])cc3OC)c(NC(C)=O)c2)c2ccccc2c1OCOCCOC. The van der Waals surface area contributed by atoms with Gasteiger partial charge in [-0.1, -0.05) is 108 Å². The van der Waals surface area contributed by atoms with Crippen LogP contribution in [0.25, 0.3) is 10.8 Å². The van der Waals surface area contributed by atoms with Gasteiger partial charge in [0, 0.05) is 55.6 Å². The van der Waals surface area contributed by atoms with Crippen LogP contribution in [-0.4, -0.2) is 70.7 Å². The summed E-state index contributed by atoms with van der Waals surface area (Å²) in [6.07, 6.45) is 16.5. The molecule has 0 spiro atoms. The molecule has 348 valence electrons. The van der Waals surface area contributed by atoms with Crippen LogP contribution in [0, 0.1) is 10.1 Å². The molecule has 0 unspecified atom stereocenters. The average molecular weight is 885 g/mol. The molecule has 0 heterocycles. The Bertz CT molecular complexity index is 2100. The predicted octanol–water partition coefficient (Wildman–Crippen LogP) is 12.5. The zero-order chi connectivity index (χ0) is 45.9. The molecule has 0 bridgehead atoms. The van der Waals surface area contributed by atoms with Gasteiger partial charge in [-0.2, -0.15) is 0 Å². The number of carbonyl (C=O) groups is 2. The molecule has 0 saturated carbocycles. The smallest absolute Gasteiger partial charge is 0.273 e. The summed E-state index contributed by atoms with van der Waals surface area (Å²) in [6, 6.07) is 19.0. The number of nitro benzene ring substituents is 1. The first-order chi connectivity index (χ1) is 31.2. The number of fused-ring (bicyclic) bond motifs is 1. The largest absolute Gasteiger partial charge is 0.494 e. The lowest BCUT2D eigenvalue weighted by atomic mass is 10.0. The van der Waals surface area contributed by atoms with Crippen LogP contribution in [0.2, 0.25) is 0 Å². The Morgan fingerprint density at radius 2 is 1.36 bits per heavy atom. The molecule has 0 aliphatic rings. The fraction of sp³-hybridized carbons (Fsp3) is 0.510. The van der Waals surface area contributed by atoms with Gasteiger partial charge in [0.2, 0.25) is 11.8 Å². The lowest BCUT2D eigenvalue weighted by Crippen LogP contribution is -2.28. The predicted molar refractivity (Wildman–Crippen MR) is 254 cm³/mol. The van der Waals surface area contributed by atoms with Crippen molar-refractivity contribution < 1.29 is 38.2 Å². The van der Waals surface area contributed by atoms with Crippen LogP contribution < -0.4 is 29.7 Å². The Kier molecular flexibility index (Phi) is 22.9. The lowest BCUT2D eigenvalue weighted by Gasteiger charge is -2.25. The number of non-ortho nitro benzene ring substituents is 1. The van der Waals surface area contributed by atoms with Crippen molar-refractivity contribution in [3.63, 3.8) is 0 Å². The Morgan fingerprint density at radius 1 is 0.703 bits per heavy atom. The van der Waals surface area contributed by atoms with E-state index in [9.17, 15) is 19.7 Å². The van der Waals surface area contributed by atoms with Crippen LogP contribution >= 0.6 is 0 Å². The Hall–Kier alpha value is -5.80. The summed E-state index contributed by atoms with van der Waals surface area (Å²) in [5, 5.41) is 27.4. The van der Waals surface area contributed by atoms with Crippen LogP contribution in [0.4, 0.5) is 34.1 Å². The van der Waals surface area contributed by atoms with Crippen LogP contribution in [0.5, 0.6) is 17.2 Å². The van der Waals surface area contributed by atoms with E-state index in [4.69, 9.17) is 23.7 Å². The molecule has 0 aromatic heterocycles. The van der Waals surface area contributed by atoms with Crippen LogP contribution in [0.3, 0.4) is 0 Å². The highest BCUT2D eigenvalue weighted by Gasteiger charge is 2.18. The second-order valence-electron chi connectivity index (χ2n) is 15.6. The minimum atomic E-state index is -0.517. The number of benzene rings is 4. The number of anilines is 3. The lowest BCUT2D eigenvalue weighted by molar-refractivity contribution is -0.384. The number of rotatable bonds is 32. The zero-order valence-corrected chi connectivity index (χ0v) is 38.5. The third-order valence-corrected chi connectivity index (χ3v) is 10.8. The second kappa shape index (κ2) is 28.8. The summed E-state index contributed by atoms with van der Waals surface area (Å²) >= 11 is 0. The van der Waals surface area contributed by atoms with E-state index >= 15 is 0 Å². The number of carbonyl (C=O) groups excluding carboxylic acids is 2. The fourth-order valence-corrected chi connectivity index (χ4v) is 7.30. The van der Waals surface area contributed by atoms with Crippen molar-refractivity contribution >= 4 is 56.7 Å². The number of amides is 2. The molecule has 15 nitrogen and oxygen atoms in total. The molecule has 0 radical (unpaired) electrons. The Labute approximate surface area is 378 Å².